The molecule has 0 bridgehead atoms. The minimum Gasteiger partial charge on any atom is -0.396 e. The number of benzene rings is 1. The maximum Gasteiger partial charge on any atom is 0.292 e. The molecule has 24 heavy (non-hydrogen) atoms. The number of aromatic nitrogens is 2. The molecular weight excluding hydrogens is 349 g/mol. The van der Waals surface area contributed by atoms with Gasteiger partial charge >= 0.3 is 0 Å². The van der Waals surface area contributed by atoms with Gasteiger partial charge in [0.25, 0.3) is 5.56 Å². The lowest BCUT2D eigenvalue weighted by Gasteiger charge is -2.22. The van der Waals surface area contributed by atoms with Crippen molar-refractivity contribution in [3.05, 3.63) is 50.9 Å². The number of aliphatic hydroxyl groups excluding tert-OH is 1. The number of hydrogen-bond acceptors (Lipinski definition) is 4. The van der Waals surface area contributed by atoms with Crippen LogP contribution in [0, 0.1) is 5.92 Å². The van der Waals surface area contributed by atoms with Gasteiger partial charge in [0.15, 0.2) is 0 Å². The zero-order valence-corrected chi connectivity index (χ0v) is 14.6. The molecule has 0 radical (unpaired) electrons. The van der Waals surface area contributed by atoms with Gasteiger partial charge in [0.1, 0.15) is 5.02 Å². The van der Waals surface area contributed by atoms with E-state index in [1.54, 1.807) is 30.5 Å². The van der Waals surface area contributed by atoms with E-state index in [0.717, 1.165) is 25.7 Å². The zero-order chi connectivity index (χ0) is 17.1. The first-order valence-corrected chi connectivity index (χ1v) is 8.77. The van der Waals surface area contributed by atoms with Crippen molar-refractivity contribution in [2.45, 2.75) is 31.7 Å². The molecule has 1 fully saturated rings. The summed E-state index contributed by atoms with van der Waals surface area (Å²) < 4.78 is 1.25. The lowest BCUT2D eigenvalue weighted by molar-refractivity contribution is 0.254. The van der Waals surface area contributed by atoms with E-state index in [1.807, 2.05) is 0 Å². The second-order valence-corrected chi connectivity index (χ2v) is 6.83. The van der Waals surface area contributed by atoms with Gasteiger partial charge in [-0.05, 0) is 49.4 Å². The van der Waals surface area contributed by atoms with Crippen molar-refractivity contribution in [2.24, 2.45) is 5.92 Å². The fourth-order valence-electron chi connectivity index (χ4n) is 3.24. The van der Waals surface area contributed by atoms with Crippen LogP contribution in [0.5, 0.6) is 0 Å². The highest BCUT2D eigenvalue weighted by Gasteiger charge is 2.27. The Bertz CT molecular complexity index is 761. The van der Waals surface area contributed by atoms with Gasteiger partial charge in [0.05, 0.1) is 17.6 Å². The smallest absolute Gasteiger partial charge is 0.292 e. The van der Waals surface area contributed by atoms with E-state index < -0.39 is 0 Å². The van der Waals surface area contributed by atoms with Crippen LogP contribution in [0.4, 0.5) is 5.69 Å². The molecule has 0 spiro atoms. The minimum absolute atomic E-state index is 0.120. The summed E-state index contributed by atoms with van der Waals surface area (Å²) in [5, 5.41) is 17.4. The van der Waals surface area contributed by atoms with Crippen LogP contribution < -0.4 is 10.9 Å². The van der Waals surface area contributed by atoms with E-state index in [4.69, 9.17) is 28.3 Å². The number of anilines is 1. The Hall–Kier alpha value is -1.56. The average Bonchev–Trinajstić information content (AvgIpc) is 3.01. The van der Waals surface area contributed by atoms with E-state index in [-0.39, 0.29) is 23.2 Å². The van der Waals surface area contributed by atoms with Crippen LogP contribution in [0.2, 0.25) is 10.0 Å². The summed E-state index contributed by atoms with van der Waals surface area (Å²) in [6.45, 7) is 0.174. The number of nitrogens with one attached hydrogen (secondary N) is 1. The van der Waals surface area contributed by atoms with Gasteiger partial charge in [0, 0.05) is 17.7 Å². The minimum atomic E-state index is -0.374. The number of halogens is 2. The Morgan fingerprint density at radius 3 is 2.71 bits per heavy atom. The molecule has 2 atom stereocenters. The Kier molecular flexibility index (Phi) is 5.43. The van der Waals surface area contributed by atoms with Crippen molar-refractivity contribution in [3.63, 3.8) is 0 Å². The molecule has 128 valence electrons. The third-order valence-electron chi connectivity index (χ3n) is 4.49. The summed E-state index contributed by atoms with van der Waals surface area (Å²) in [7, 11) is 0. The molecular formula is C17H19Cl2N3O2. The maximum atomic E-state index is 12.5. The summed E-state index contributed by atoms with van der Waals surface area (Å²) in [5.41, 5.74) is 0.777. The molecule has 1 heterocycles. The lowest BCUT2D eigenvalue weighted by Crippen LogP contribution is -2.28. The maximum absolute atomic E-state index is 12.5. The van der Waals surface area contributed by atoms with E-state index in [9.17, 15) is 4.79 Å². The van der Waals surface area contributed by atoms with Gasteiger partial charge in [-0.1, -0.05) is 29.6 Å². The quantitative estimate of drug-likeness (QED) is 0.848. The largest absolute Gasteiger partial charge is 0.396 e. The molecule has 2 N–H and O–H groups in total. The van der Waals surface area contributed by atoms with E-state index in [2.05, 4.69) is 10.4 Å². The molecule has 1 saturated carbocycles. The molecule has 5 nitrogen and oxygen atoms in total. The molecule has 2 unspecified atom stereocenters. The highest BCUT2D eigenvalue weighted by atomic mass is 35.5. The van der Waals surface area contributed by atoms with E-state index >= 15 is 0 Å². The van der Waals surface area contributed by atoms with Gasteiger partial charge in [-0.25, -0.2) is 0 Å². The highest BCUT2D eigenvalue weighted by Crippen LogP contribution is 2.31. The predicted molar refractivity (Wildman–Crippen MR) is 96.3 cm³/mol. The third kappa shape index (κ3) is 3.58. The Balaban J connectivity index is 1.85. The second kappa shape index (κ2) is 7.55. The molecule has 1 aliphatic rings. The number of hydrogen-bond donors (Lipinski definition) is 2. The van der Waals surface area contributed by atoms with Crippen molar-refractivity contribution in [1.82, 2.24) is 9.78 Å². The van der Waals surface area contributed by atoms with Crippen molar-refractivity contribution in [3.8, 4) is 5.69 Å². The molecule has 0 saturated heterocycles. The molecule has 1 aliphatic carbocycles. The molecule has 1 aromatic carbocycles. The number of rotatable bonds is 5. The third-order valence-corrected chi connectivity index (χ3v) is 5.11. The monoisotopic (exact) mass is 367 g/mol. The SMILES string of the molecule is O=c1c(Cl)c(NC2CCCC2CCO)cnn1-c1ccc(Cl)cc1. The number of nitrogens with zero attached hydrogens (tertiary/aromatic N) is 2. The summed E-state index contributed by atoms with van der Waals surface area (Å²) in [6, 6.07) is 7.04. The van der Waals surface area contributed by atoms with Gasteiger partial charge < -0.3 is 10.4 Å². The first kappa shape index (κ1) is 17.3. The first-order valence-electron chi connectivity index (χ1n) is 8.01. The fourth-order valence-corrected chi connectivity index (χ4v) is 3.55. The molecule has 3 rings (SSSR count). The van der Waals surface area contributed by atoms with E-state index in [0.29, 0.717) is 22.3 Å². The molecule has 0 amide bonds. The van der Waals surface area contributed by atoms with Crippen LogP contribution >= 0.6 is 23.2 Å². The molecule has 1 aromatic heterocycles. The molecule has 7 heteroatoms. The van der Waals surface area contributed by atoms with Crippen LogP contribution in [-0.2, 0) is 0 Å². The van der Waals surface area contributed by atoms with E-state index in [1.165, 1.54) is 4.68 Å². The Morgan fingerprint density at radius 1 is 1.25 bits per heavy atom. The summed E-state index contributed by atoms with van der Waals surface area (Å²) >= 11 is 12.1. The van der Waals surface area contributed by atoms with Gasteiger partial charge in [-0.15, -0.1) is 0 Å². The Morgan fingerprint density at radius 2 is 2.00 bits per heavy atom. The van der Waals surface area contributed by atoms with Crippen molar-refractivity contribution in [2.75, 3.05) is 11.9 Å². The zero-order valence-electron chi connectivity index (χ0n) is 13.1. The molecule has 2 aromatic rings. The lowest BCUT2D eigenvalue weighted by atomic mass is 10.00. The number of aliphatic hydroxyl groups is 1. The summed E-state index contributed by atoms with van der Waals surface area (Å²) in [6.07, 6.45) is 5.51. The van der Waals surface area contributed by atoms with Gasteiger partial charge in [-0.2, -0.15) is 9.78 Å². The standard InChI is InChI=1S/C17H19Cl2N3O2/c18-12-4-6-13(7-5-12)22-17(24)16(19)15(10-20-22)21-14-3-1-2-11(14)8-9-23/h4-7,10-11,14,21,23H,1-3,8-9H2. The van der Waals surface area contributed by atoms with Gasteiger partial charge in [0.2, 0.25) is 0 Å². The van der Waals surface area contributed by atoms with Crippen molar-refractivity contribution < 1.29 is 5.11 Å². The van der Waals surface area contributed by atoms with Crippen LogP contribution in [0.25, 0.3) is 5.69 Å². The Labute approximate surface area is 150 Å². The van der Waals surface area contributed by atoms with Crippen LogP contribution in [-0.4, -0.2) is 27.5 Å². The van der Waals surface area contributed by atoms with Gasteiger partial charge in [-0.3, -0.25) is 4.79 Å². The highest BCUT2D eigenvalue weighted by molar-refractivity contribution is 6.33. The van der Waals surface area contributed by atoms with Crippen molar-refractivity contribution >= 4 is 28.9 Å². The van der Waals surface area contributed by atoms with Crippen LogP contribution in [0.3, 0.4) is 0 Å². The van der Waals surface area contributed by atoms with Crippen LogP contribution in [0.1, 0.15) is 25.7 Å². The second-order valence-electron chi connectivity index (χ2n) is 6.02. The van der Waals surface area contributed by atoms with Crippen molar-refractivity contribution in [1.29, 1.82) is 0 Å². The first-order chi connectivity index (χ1) is 11.6. The topological polar surface area (TPSA) is 67.2 Å². The predicted octanol–water partition coefficient (Wildman–Crippen LogP) is 3.50. The fraction of sp³-hybridized carbons (Fsp3) is 0.412. The summed E-state index contributed by atoms with van der Waals surface area (Å²) in [4.78, 5) is 12.5. The normalized spacial score (nSPS) is 20.3. The summed E-state index contributed by atoms with van der Waals surface area (Å²) in [5.74, 6) is 0.393. The van der Waals surface area contributed by atoms with Crippen LogP contribution in [0.15, 0.2) is 35.3 Å². The molecule has 0 aliphatic heterocycles. The average molecular weight is 368 g/mol.